The number of nitrogens with two attached hydrogens (primary N) is 3. The molecule has 4 saturated heterocycles. The number of carbonyl (C=O) groups excluding carboxylic acids is 13. The van der Waals surface area contributed by atoms with E-state index in [1.54, 1.807) is 42.5 Å². The minimum absolute atomic E-state index is 0.00366. The molecule has 35 nitrogen and oxygen atoms in total. The van der Waals surface area contributed by atoms with Crippen LogP contribution < -0.4 is 91.6 Å². The molecule has 4 unspecified atom stereocenters. The number of guanidine groups is 1. The lowest BCUT2D eigenvalue weighted by Gasteiger charge is -2.39. The van der Waals surface area contributed by atoms with E-state index in [2.05, 4.69) is 86.4 Å². The van der Waals surface area contributed by atoms with Gasteiger partial charge in [-0.2, -0.15) is 0 Å². The maximum atomic E-state index is 14.3. The number of Topliss-reactive ketones (excluding diaryl/α,β-unsaturated/α-hetero) is 2. The molecule has 7 atom stereocenters. The lowest BCUT2D eigenvalue weighted by molar-refractivity contribution is -0.141. The van der Waals surface area contributed by atoms with E-state index in [4.69, 9.17) is 17.2 Å². The number of hydrogen-bond donors (Lipinski definition) is 19. The maximum absolute atomic E-state index is 14.3. The number of benzene rings is 2. The van der Waals surface area contributed by atoms with Crippen LogP contribution in [0.3, 0.4) is 0 Å². The van der Waals surface area contributed by atoms with Crippen LogP contribution in [0, 0.1) is 5.92 Å². The van der Waals surface area contributed by atoms with Gasteiger partial charge in [-0.1, -0.05) is 61.7 Å². The van der Waals surface area contributed by atoms with Crippen LogP contribution in [0.25, 0.3) is 0 Å². The topological polar surface area (TPSA) is 542 Å². The van der Waals surface area contributed by atoms with Crippen molar-refractivity contribution in [3.05, 3.63) is 65.7 Å². The van der Waals surface area contributed by atoms with E-state index in [0.717, 1.165) is 48.4 Å². The first-order valence-corrected chi connectivity index (χ1v) is 38.3. The summed E-state index contributed by atoms with van der Waals surface area (Å²) in [7, 11) is 0. The molecule has 0 aromatic heterocycles. The van der Waals surface area contributed by atoms with E-state index >= 15 is 0 Å². The second-order valence-corrected chi connectivity index (χ2v) is 29.3. The Morgan fingerprint density at radius 3 is 1.92 bits per heavy atom. The third kappa shape index (κ3) is 32.3. The fraction of sp³-hybridized carbons (Fsp3) is 0.625. The molecular formula is C72H111N19O16S. The van der Waals surface area contributed by atoms with Crippen molar-refractivity contribution in [3.8, 4) is 5.75 Å². The number of carbonyl (C=O) groups is 14. The first-order valence-electron chi connectivity index (χ1n) is 37.3. The first kappa shape index (κ1) is 87.7. The monoisotopic (exact) mass is 1530 g/mol. The Balaban J connectivity index is 0.920. The number of primary amides is 1. The summed E-state index contributed by atoms with van der Waals surface area (Å²) < 4.78 is 0. The average Bonchev–Trinajstić information content (AvgIpc) is 1.65. The summed E-state index contributed by atoms with van der Waals surface area (Å²) in [4.78, 5) is 192. The predicted octanol–water partition coefficient (Wildman–Crippen LogP) is -3.93. The number of fused-ring (bicyclic) bond motifs is 5. The largest absolute Gasteiger partial charge is 0.508 e. The van der Waals surface area contributed by atoms with Crippen LogP contribution in [-0.2, 0) is 80.0 Å². The minimum atomic E-state index is -1.64. The van der Waals surface area contributed by atoms with Gasteiger partial charge in [0.15, 0.2) is 17.5 Å². The number of amides is 11. The van der Waals surface area contributed by atoms with Crippen LogP contribution in [0.4, 0.5) is 0 Å². The molecule has 0 aliphatic carbocycles. The molecule has 4 heterocycles. The fourth-order valence-electron chi connectivity index (χ4n) is 12.9. The molecule has 0 saturated carbocycles. The van der Waals surface area contributed by atoms with Gasteiger partial charge in [-0.25, -0.2) is 0 Å². The zero-order valence-electron chi connectivity index (χ0n) is 61.6. The SMILES string of the molecule is CC12CNCCNCC(NC(=O)CCCC(=O)N[C@@H](Cc3ccc(O)cc3)C(=O)CCCCCCC(=O)NC(CSC3CC(=O)N(CCC(=O)NCCCCC4CC(=O)C(Cc5ccccc5)NC(=O)[C@@H](CC(=O)O)NC(=O)CNC(=O)[C@H](CCCN=C(N)N)NC4=O)C3=O)C(N)=O)(CNCCNC1)NCCN2. The molecule has 2 aromatic carbocycles. The highest BCUT2D eigenvalue weighted by Gasteiger charge is 2.41. The van der Waals surface area contributed by atoms with Crippen LogP contribution in [0.5, 0.6) is 5.75 Å². The number of ketones is 2. The number of carboxylic acid groups (broad SMARTS) is 1. The Morgan fingerprint density at radius 2 is 1.25 bits per heavy atom. The zero-order valence-corrected chi connectivity index (χ0v) is 62.4. The predicted molar refractivity (Wildman–Crippen MR) is 401 cm³/mol. The summed E-state index contributed by atoms with van der Waals surface area (Å²) in [6.07, 6.45) is 1.45. The van der Waals surface area contributed by atoms with Crippen LogP contribution >= 0.6 is 11.8 Å². The Labute approximate surface area is 633 Å². The highest BCUT2D eigenvalue weighted by atomic mass is 32.2. The van der Waals surface area contributed by atoms with E-state index in [1.165, 1.54) is 12.1 Å². The normalized spacial score (nSPS) is 22.8. The Morgan fingerprint density at radius 1 is 0.620 bits per heavy atom. The quantitative estimate of drug-likeness (QED) is 0.0133. The molecule has 596 valence electrons. The lowest BCUT2D eigenvalue weighted by Crippen LogP contribution is -2.70. The number of thioether (sulfide) groups is 1. The van der Waals surface area contributed by atoms with E-state index < -0.39 is 131 Å². The third-order valence-corrected chi connectivity index (χ3v) is 20.2. The Bertz CT molecular complexity index is 3390. The second kappa shape index (κ2) is 46.2. The van der Waals surface area contributed by atoms with Gasteiger partial charge in [-0.05, 0) is 88.0 Å². The number of phenolic OH excluding ortho intramolecular Hbond substituents is 1. The fourth-order valence-corrected chi connectivity index (χ4v) is 14.1. The molecule has 0 radical (unpaired) electrons. The van der Waals surface area contributed by atoms with E-state index in [1.807, 2.05) is 0 Å². The Kier molecular flexibility index (Phi) is 37.5. The van der Waals surface area contributed by atoms with Crippen molar-refractivity contribution in [3.63, 3.8) is 0 Å². The first-order chi connectivity index (χ1) is 51.7. The molecule has 4 fully saturated rings. The van der Waals surface area contributed by atoms with E-state index in [9.17, 15) is 77.3 Å². The maximum Gasteiger partial charge on any atom is 0.305 e. The van der Waals surface area contributed by atoms with Gasteiger partial charge in [0.2, 0.25) is 65.0 Å². The molecular weight excluding hydrogens is 1420 g/mol. The van der Waals surface area contributed by atoms with Crippen LogP contribution in [0.15, 0.2) is 59.6 Å². The van der Waals surface area contributed by atoms with Gasteiger partial charge in [-0.15, -0.1) is 11.8 Å². The summed E-state index contributed by atoms with van der Waals surface area (Å²) >= 11 is 0.963. The van der Waals surface area contributed by atoms with Gasteiger partial charge in [0.25, 0.3) is 0 Å². The third-order valence-electron chi connectivity index (χ3n) is 18.9. The van der Waals surface area contributed by atoms with Crippen molar-refractivity contribution < 1.29 is 77.3 Å². The van der Waals surface area contributed by atoms with Crippen molar-refractivity contribution in [2.24, 2.45) is 28.1 Å². The van der Waals surface area contributed by atoms with Crippen molar-refractivity contribution in [2.75, 3.05) is 97.4 Å². The number of aliphatic imine (C=N–C) groups is 1. The molecule has 2 aromatic rings. The van der Waals surface area contributed by atoms with Gasteiger partial charge >= 0.3 is 5.97 Å². The average molecular weight is 1530 g/mol. The number of imide groups is 1. The molecule has 6 rings (SSSR count). The molecule has 2 bridgehead atoms. The van der Waals surface area contributed by atoms with Gasteiger partial charge in [0.05, 0.1) is 30.3 Å². The number of aromatic hydroxyl groups is 1. The molecule has 4 aliphatic rings. The number of phenols is 1. The zero-order chi connectivity index (χ0) is 78.4. The van der Waals surface area contributed by atoms with E-state index in [0.29, 0.717) is 70.5 Å². The van der Waals surface area contributed by atoms with E-state index in [-0.39, 0.29) is 150 Å². The van der Waals surface area contributed by atoms with Gasteiger partial charge in [0, 0.05) is 147 Å². The molecule has 0 spiro atoms. The highest BCUT2D eigenvalue weighted by Crippen LogP contribution is 2.27. The summed E-state index contributed by atoms with van der Waals surface area (Å²) in [5.74, 6) is -10.6. The smallest absolute Gasteiger partial charge is 0.305 e. The number of nitrogens with zero attached hydrogens (tertiary/aromatic N) is 2. The number of aliphatic carboxylic acids is 1. The Hall–Kier alpha value is -9.20. The number of unbranched alkanes of at least 4 members (excludes halogenated alkanes) is 4. The number of rotatable bonds is 37. The summed E-state index contributed by atoms with van der Waals surface area (Å²) in [6, 6.07) is 8.67. The van der Waals surface area contributed by atoms with Crippen molar-refractivity contribution >= 4 is 100 Å². The minimum Gasteiger partial charge on any atom is -0.508 e. The van der Waals surface area contributed by atoms with Crippen molar-refractivity contribution in [1.29, 1.82) is 0 Å². The number of nitrogens with one attached hydrogen (secondary N) is 14. The van der Waals surface area contributed by atoms with Crippen molar-refractivity contribution in [1.82, 2.24) is 79.3 Å². The van der Waals surface area contributed by atoms with Gasteiger partial charge in [-0.3, -0.25) is 82.3 Å². The molecule has 36 heteroatoms. The summed E-state index contributed by atoms with van der Waals surface area (Å²) in [6.45, 7) is 8.01. The number of carboxylic acids is 1. The standard InChI is InChI=1S/C72H111N19O16S/c1-71-42-76-28-30-78-44-72(84-33-32-83-71,45-79-31-29-77-43-71)90-61(98)20-11-19-60(97)85-51(36-47-21-23-49(92)24-22-47)55(93)17-7-2-3-8-18-59(96)87-54(65(73)103)41-108-57-39-63(100)91(69(57)107)34-25-58(95)80-26-10-9-15-48-37-56(94)52(35-46-13-5-4-6-14-46)89-68(106)53(38-64(101)102)86-62(99)40-82-67(105)50(88-66(48)104)16-12-27-81-70(74)75/h4-6,13-14,21-24,48,50-54,57,76-79,83-84,92H,2-3,7-12,15-20,25-45H2,1H3,(H2,73,103)(H,80,95)(H,82,105)(H,85,97)(H,86,99)(H,87,96)(H,88,104)(H,89,106)(H,90,98)(H,101,102)(H4,74,75,81)/t48?,50-,51-,52?,53+,54?,57?,71?,72?/m0/s1. The van der Waals surface area contributed by atoms with Gasteiger partial charge < -0.3 is 96.5 Å². The summed E-state index contributed by atoms with van der Waals surface area (Å²) in [5.41, 5.74) is 17.0. The highest BCUT2D eigenvalue weighted by molar-refractivity contribution is 8.00. The van der Waals surface area contributed by atoms with Gasteiger partial charge in [0.1, 0.15) is 29.5 Å². The van der Waals surface area contributed by atoms with Crippen molar-refractivity contribution in [2.45, 2.75) is 182 Å². The molecule has 22 N–H and O–H groups in total. The van der Waals surface area contributed by atoms with Crippen LogP contribution in [0.1, 0.15) is 134 Å². The number of likely N-dealkylation sites (tertiary alicyclic amines) is 1. The summed E-state index contributed by atoms with van der Waals surface area (Å²) in [5, 5.41) is 61.2. The molecule has 11 amide bonds. The second-order valence-electron chi connectivity index (χ2n) is 28.1. The molecule has 108 heavy (non-hydrogen) atoms. The molecule has 4 aliphatic heterocycles. The number of hydrogen-bond acceptors (Lipinski definition) is 23. The van der Waals surface area contributed by atoms with Crippen LogP contribution in [0.2, 0.25) is 0 Å². The lowest BCUT2D eigenvalue weighted by atomic mass is 9.90. The van der Waals surface area contributed by atoms with Crippen LogP contribution in [-0.4, -0.2) is 248 Å².